The highest BCUT2D eigenvalue weighted by atomic mass is 16.6. The summed E-state index contributed by atoms with van der Waals surface area (Å²) in [5.41, 5.74) is 0.0402. The van der Waals surface area contributed by atoms with Crippen molar-refractivity contribution in [2.75, 3.05) is 5.32 Å². The number of rotatable bonds is 4. The summed E-state index contributed by atoms with van der Waals surface area (Å²) in [5.74, 6) is -1.18. The van der Waals surface area contributed by atoms with Crippen molar-refractivity contribution in [3.8, 4) is 0 Å². The van der Waals surface area contributed by atoms with E-state index in [0.717, 1.165) is 0 Å². The van der Waals surface area contributed by atoms with Gasteiger partial charge in [0.05, 0.1) is 4.92 Å². The van der Waals surface area contributed by atoms with Gasteiger partial charge in [0.25, 0.3) is 5.69 Å². The molecule has 2 amide bonds. The normalized spacial score (nSPS) is 11.4. The van der Waals surface area contributed by atoms with Crippen molar-refractivity contribution in [3.63, 3.8) is 0 Å². The number of nitro groups is 1. The third-order valence-electron chi connectivity index (χ3n) is 2.03. The summed E-state index contributed by atoms with van der Waals surface area (Å²) in [6.45, 7) is 1.30. The number of nitrogens with zero attached hydrogens (tertiary/aromatic N) is 1. The smallest absolute Gasteiger partial charge is 0.325 e. The lowest BCUT2D eigenvalue weighted by molar-refractivity contribution is -0.384. The summed E-state index contributed by atoms with van der Waals surface area (Å²) in [7, 11) is 0. The van der Waals surface area contributed by atoms with Crippen LogP contribution in [0.3, 0.4) is 0 Å². The van der Waals surface area contributed by atoms with Crippen LogP contribution in [-0.4, -0.2) is 28.1 Å². The minimum atomic E-state index is -1.18. The molecule has 0 heterocycles. The van der Waals surface area contributed by atoms with Gasteiger partial charge in [0.1, 0.15) is 6.04 Å². The average Bonchev–Trinajstić information content (AvgIpc) is 2.28. The molecule has 18 heavy (non-hydrogen) atoms. The lowest BCUT2D eigenvalue weighted by Crippen LogP contribution is -2.40. The quantitative estimate of drug-likeness (QED) is 0.549. The van der Waals surface area contributed by atoms with Crippen molar-refractivity contribution >= 4 is 23.4 Å². The highest BCUT2D eigenvalue weighted by molar-refractivity contribution is 5.92. The lowest BCUT2D eigenvalue weighted by atomic mass is 10.3. The zero-order valence-electron chi connectivity index (χ0n) is 9.41. The number of carboxylic acid groups (broad SMARTS) is 1. The number of nitro benzene ring substituents is 1. The second kappa shape index (κ2) is 5.62. The predicted octanol–water partition coefficient (Wildman–Crippen LogP) is 1.19. The molecule has 8 heteroatoms. The van der Waals surface area contributed by atoms with Crippen LogP contribution in [0.25, 0.3) is 0 Å². The van der Waals surface area contributed by atoms with Crippen LogP contribution >= 0.6 is 0 Å². The molecule has 1 rings (SSSR count). The molecule has 0 aliphatic heterocycles. The van der Waals surface area contributed by atoms with Crippen LogP contribution in [0, 0.1) is 10.1 Å². The van der Waals surface area contributed by atoms with Gasteiger partial charge >= 0.3 is 12.0 Å². The SMILES string of the molecule is C[C@H](NC(=O)Nc1cccc([N+](=O)[O-])c1)C(=O)O. The fourth-order valence-corrected chi connectivity index (χ4v) is 1.12. The van der Waals surface area contributed by atoms with Crippen LogP contribution in [-0.2, 0) is 4.79 Å². The largest absolute Gasteiger partial charge is 0.480 e. The predicted molar refractivity (Wildman–Crippen MR) is 62.3 cm³/mol. The van der Waals surface area contributed by atoms with E-state index in [1.54, 1.807) is 0 Å². The fraction of sp³-hybridized carbons (Fsp3) is 0.200. The van der Waals surface area contributed by atoms with Crippen LogP contribution in [0.5, 0.6) is 0 Å². The van der Waals surface area contributed by atoms with E-state index < -0.39 is 23.0 Å². The molecule has 0 bridgehead atoms. The minimum Gasteiger partial charge on any atom is -0.480 e. The first-order chi connectivity index (χ1) is 8.40. The van der Waals surface area contributed by atoms with Crippen LogP contribution in [0.1, 0.15) is 6.92 Å². The Labute approximate surface area is 102 Å². The highest BCUT2D eigenvalue weighted by Gasteiger charge is 2.14. The summed E-state index contributed by atoms with van der Waals surface area (Å²) in [6, 6.07) is 3.52. The molecule has 0 saturated carbocycles. The van der Waals surface area contributed by atoms with E-state index in [9.17, 15) is 19.7 Å². The molecule has 0 unspecified atom stereocenters. The summed E-state index contributed by atoms with van der Waals surface area (Å²) >= 11 is 0. The first-order valence-electron chi connectivity index (χ1n) is 4.95. The molecule has 0 fully saturated rings. The molecule has 8 nitrogen and oxygen atoms in total. The zero-order valence-corrected chi connectivity index (χ0v) is 9.41. The summed E-state index contributed by atoms with van der Waals surface area (Å²) in [5, 5.41) is 23.5. The number of hydrogen-bond donors (Lipinski definition) is 3. The number of anilines is 1. The van der Waals surface area contributed by atoms with Crippen LogP contribution in [0.15, 0.2) is 24.3 Å². The maximum atomic E-state index is 11.4. The Hall–Kier alpha value is -2.64. The molecule has 1 atom stereocenters. The first-order valence-corrected chi connectivity index (χ1v) is 4.95. The van der Waals surface area contributed by atoms with Gasteiger partial charge in [-0.25, -0.2) is 4.79 Å². The Balaban J connectivity index is 2.67. The number of carbonyl (C=O) groups excluding carboxylic acids is 1. The summed E-state index contributed by atoms with van der Waals surface area (Å²) in [6.07, 6.45) is 0. The molecule has 96 valence electrons. The Morgan fingerprint density at radius 3 is 2.67 bits per heavy atom. The van der Waals surface area contributed by atoms with E-state index in [1.165, 1.54) is 31.2 Å². The van der Waals surface area contributed by atoms with Crippen molar-refractivity contribution in [3.05, 3.63) is 34.4 Å². The Bertz CT molecular complexity index is 488. The number of non-ortho nitro benzene ring substituents is 1. The average molecular weight is 253 g/mol. The molecule has 1 aromatic carbocycles. The second-order valence-electron chi connectivity index (χ2n) is 3.47. The van der Waals surface area contributed by atoms with Gasteiger partial charge in [0.15, 0.2) is 0 Å². The molecule has 0 saturated heterocycles. The highest BCUT2D eigenvalue weighted by Crippen LogP contribution is 2.16. The van der Waals surface area contributed by atoms with E-state index in [-0.39, 0.29) is 11.4 Å². The number of benzene rings is 1. The molecule has 0 radical (unpaired) electrons. The second-order valence-corrected chi connectivity index (χ2v) is 3.47. The van der Waals surface area contributed by atoms with E-state index in [4.69, 9.17) is 5.11 Å². The van der Waals surface area contributed by atoms with Crippen molar-refractivity contribution in [1.29, 1.82) is 0 Å². The van der Waals surface area contributed by atoms with E-state index in [2.05, 4.69) is 10.6 Å². The first kappa shape index (κ1) is 13.4. The summed E-state index contributed by atoms with van der Waals surface area (Å²) < 4.78 is 0. The number of hydrogen-bond acceptors (Lipinski definition) is 4. The number of carbonyl (C=O) groups is 2. The van der Waals surface area contributed by atoms with E-state index in [1.807, 2.05) is 0 Å². The van der Waals surface area contributed by atoms with E-state index in [0.29, 0.717) is 0 Å². The van der Waals surface area contributed by atoms with Gasteiger partial charge in [-0.3, -0.25) is 14.9 Å². The topological polar surface area (TPSA) is 122 Å². The van der Waals surface area contributed by atoms with Gasteiger partial charge in [-0.2, -0.15) is 0 Å². The maximum Gasteiger partial charge on any atom is 0.325 e. The molecule has 1 aromatic rings. The van der Waals surface area contributed by atoms with Gasteiger partial charge in [0.2, 0.25) is 0 Å². The zero-order chi connectivity index (χ0) is 13.7. The minimum absolute atomic E-state index is 0.168. The van der Waals surface area contributed by atoms with Gasteiger partial charge < -0.3 is 15.7 Å². The van der Waals surface area contributed by atoms with Crippen molar-refractivity contribution in [2.45, 2.75) is 13.0 Å². The monoisotopic (exact) mass is 253 g/mol. The fourth-order valence-electron chi connectivity index (χ4n) is 1.12. The third-order valence-corrected chi connectivity index (χ3v) is 2.03. The number of aliphatic carboxylic acids is 1. The molecule has 0 aromatic heterocycles. The summed E-state index contributed by atoms with van der Waals surface area (Å²) in [4.78, 5) is 31.8. The van der Waals surface area contributed by atoms with Crippen molar-refractivity contribution < 1.29 is 19.6 Å². The molecule has 0 spiro atoms. The maximum absolute atomic E-state index is 11.4. The Morgan fingerprint density at radius 2 is 2.11 bits per heavy atom. The van der Waals surface area contributed by atoms with Gasteiger partial charge in [0, 0.05) is 17.8 Å². The van der Waals surface area contributed by atoms with Crippen LogP contribution in [0.2, 0.25) is 0 Å². The molecule has 3 N–H and O–H groups in total. The van der Waals surface area contributed by atoms with Gasteiger partial charge in [-0.1, -0.05) is 6.07 Å². The Kier molecular flexibility index (Phi) is 4.19. The number of amides is 2. The molecular weight excluding hydrogens is 242 g/mol. The molecule has 0 aliphatic carbocycles. The third kappa shape index (κ3) is 3.74. The van der Waals surface area contributed by atoms with Gasteiger partial charge in [-0.15, -0.1) is 0 Å². The standard InChI is InChI=1S/C10H11N3O5/c1-6(9(14)15)11-10(16)12-7-3-2-4-8(5-7)13(17)18/h2-6H,1H3,(H,14,15)(H2,11,12,16)/t6-/m0/s1. The van der Waals surface area contributed by atoms with Crippen molar-refractivity contribution in [2.24, 2.45) is 0 Å². The molecule has 0 aliphatic rings. The van der Waals surface area contributed by atoms with Crippen molar-refractivity contribution in [1.82, 2.24) is 5.32 Å². The lowest BCUT2D eigenvalue weighted by Gasteiger charge is -2.10. The Morgan fingerprint density at radius 1 is 1.44 bits per heavy atom. The number of carboxylic acids is 1. The number of nitrogens with one attached hydrogen (secondary N) is 2. The van der Waals surface area contributed by atoms with E-state index >= 15 is 0 Å². The van der Waals surface area contributed by atoms with Crippen LogP contribution in [0.4, 0.5) is 16.2 Å². The molecular formula is C10H11N3O5. The number of urea groups is 1. The van der Waals surface area contributed by atoms with Gasteiger partial charge in [-0.05, 0) is 13.0 Å². The van der Waals surface area contributed by atoms with Crippen LogP contribution < -0.4 is 10.6 Å².